The topological polar surface area (TPSA) is 76.4 Å². The largest absolute Gasteiger partial charge is 0.573 e. The first-order valence-electron chi connectivity index (χ1n) is 8.89. The summed E-state index contributed by atoms with van der Waals surface area (Å²) >= 11 is 7.77. The van der Waals surface area contributed by atoms with Crippen molar-refractivity contribution in [2.45, 2.75) is 42.2 Å². The van der Waals surface area contributed by atoms with Crippen LogP contribution in [0.1, 0.15) is 36.0 Å². The minimum Gasteiger partial charge on any atom is -0.406 e. The first-order chi connectivity index (χ1) is 13.7. The average Bonchev–Trinajstić information content (AvgIpc) is 3.15. The highest BCUT2D eigenvalue weighted by molar-refractivity contribution is 8.00. The van der Waals surface area contributed by atoms with Crippen molar-refractivity contribution in [3.8, 4) is 5.75 Å². The molecule has 2 aromatic carbocycles. The number of thioether (sulfide) groups is 1. The summed E-state index contributed by atoms with van der Waals surface area (Å²) in [5.74, 6) is -1.23. The molecular weight excluding hydrogens is 427 g/mol. The van der Waals surface area contributed by atoms with Gasteiger partial charge in [0.15, 0.2) is 0 Å². The number of nitrogens with two attached hydrogens (primary N) is 1. The maximum atomic E-state index is 12.5. The van der Waals surface area contributed by atoms with Gasteiger partial charge >= 0.3 is 6.36 Å². The summed E-state index contributed by atoms with van der Waals surface area (Å²) in [5.41, 5.74) is 11.5. The van der Waals surface area contributed by atoms with E-state index in [4.69, 9.17) is 17.3 Å². The van der Waals surface area contributed by atoms with Crippen molar-refractivity contribution >= 4 is 40.6 Å². The van der Waals surface area contributed by atoms with Gasteiger partial charge in [-0.2, -0.15) is 0 Å². The van der Waals surface area contributed by atoms with Gasteiger partial charge in [0.2, 0.25) is 0 Å². The Labute approximate surface area is 175 Å². The fourth-order valence-corrected chi connectivity index (χ4v) is 4.49. The summed E-state index contributed by atoms with van der Waals surface area (Å²) in [6.45, 7) is 0. The van der Waals surface area contributed by atoms with Crippen LogP contribution in [0.15, 0.2) is 41.3 Å². The molecule has 5 nitrogen and oxygen atoms in total. The molecule has 10 heteroatoms. The Kier molecular flexibility index (Phi) is 6.69. The average molecular weight is 446 g/mol. The molecule has 0 saturated heterocycles. The second kappa shape index (κ2) is 9.04. The molecule has 2 aromatic rings. The maximum absolute atomic E-state index is 12.5. The molecule has 1 amide bonds. The van der Waals surface area contributed by atoms with E-state index in [1.54, 1.807) is 23.9 Å². The Hall–Kier alpha value is -2.26. The molecule has 4 N–H and O–H groups in total. The zero-order valence-corrected chi connectivity index (χ0v) is 16.8. The molecule has 156 valence electrons. The molecule has 0 bridgehead atoms. The Morgan fingerprint density at radius 2 is 1.90 bits per heavy atom. The predicted molar refractivity (Wildman–Crippen MR) is 108 cm³/mol. The number of alkyl halides is 3. The monoisotopic (exact) mass is 445 g/mol. The van der Waals surface area contributed by atoms with Gasteiger partial charge in [-0.15, -0.1) is 24.9 Å². The first-order valence-corrected chi connectivity index (χ1v) is 10.1. The van der Waals surface area contributed by atoms with E-state index in [2.05, 4.69) is 15.6 Å². The summed E-state index contributed by atoms with van der Waals surface area (Å²) in [6, 6.07) is 8.46. The number of hydrogen-bond donors (Lipinski definition) is 3. The smallest absolute Gasteiger partial charge is 0.406 e. The molecule has 1 aliphatic rings. The molecule has 0 aliphatic heterocycles. The van der Waals surface area contributed by atoms with Gasteiger partial charge in [-0.25, -0.2) is 0 Å². The van der Waals surface area contributed by atoms with E-state index < -0.39 is 18.0 Å². The molecule has 1 fully saturated rings. The standard InChI is InChI=1S/C19H19ClF3N3O2S/c20-11-5-8-17(29-13-3-1-2-4-13)16(9-11)25-26-18(27)14-10-12(6-7-15(14)24)28-19(21,22)23/h5-10,13,25H,1-4,24H2,(H,26,27). The molecule has 0 aromatic heterocycles. The number of hydrazine groups is 1. The lowest BCUT2D eigenvalue weighted by Gasteiger charge is -2.16. The second-order valence-corrected chi connectivity index (χ2v) is 8.32. The Bertz CT molecular complexity index is 889. The van der Waals surface area contributed by atoms with Crippen LogP contribution in [0.5, 0.6) is 5.75 Å². The molecule has 0 radical (unpaired) electrons. The molecule has 1 saturated carbocycles. The number of halogens is 4. The quantitative estimate of drug-likeness (QED) is 0.398. The van der Waals surface area contributed by atoms with Crippen LogP contribution in [0.3, 0.4) is 0 Å². The third-order valence-electron chi connectivity index (χ3n) is 4.35. The molecule has 3 rings (SSSR count). The van der Waals surface area contributed by atoms with Gasteiger partial charge in [0.25, 0.3) is 5.91 Å². The Balaban J connectivity index is 1.72. The van der Waals surface area contributed by atoms with Crippen LogP contribution < -0.4 is 21.3 Å². The molecule has 0 atom stereocenters. The maximum Gasteiger partial charge on any atom is 0.573 e. The zero-order chi connectivity index (χ0) is 21.0. The number of hydrogen-bond acceptors (Lipinski definition) is 5. The Morgan fingerprint density at radius 3 is 2.59 bits per heavy atom. The summed E-state index contributed by atoms with van der Waals surface area (Å²) in [4.78, 5) is 13.4. The van der Waals surface area contributed by atoms with Gasteiger partial charge in [-0.05, 0) is 49.2 Å². The van der Waals surface area contributed by atoms with Crippen molar-refractivity contribution in [1.82, 2.24) is 5.43 Å². The third-order valence-corrected chi connectivity index (χ3v) is 6.00. The molecular formula is C19H19ClF3N3O2S. The minimum absolute atomic E-state index is 0.0190. The fraction of sp³-hybridized carbons (Fsp3) is 0.316. The Morgan fingerprint density at radius 1 is 1.17 bits per heavy atom. The summed E-state index contributed by atoms with van der Waals surface area (Å²) in [5, 5.41) is 0.983. The molecule has 1 aliphatic carbocycles. The van der Waals surface area contributed by atoms with E-state index in [0.717, 1.165) is 29.9 Å². The minimum atomic E-state index is -4.87. The lowest BCUT2D eigenvalue weighted by molar-refractivity contribution is -0.274. The van der Waals surface area contributed by atoms with Gasteiger partial charge in [0.05, 0.1) is 11.3 Å². The molecule has 29 heavy (non-hydrogen) atoms. The number of nitrogen functional groups attached to an aromatic ring is 1. The van der Waals surface area contributed by atoms with Crippen molar-refractivity contribution < 1.29 is 22.7 Å². The van der Waals surface area contributed by atoms with Crippen LogP contribution in [-0.4, -0.2) is 17.5 Å². The summed E-state index contributed by atoms with van der Waals surface area (Å²) in [6.07, 6.45) is -0.223. The first kappa shape index (κ1) is 21.4. The van der Waals surface area contributed by atoms with E-state index >= 15 is 0 Å². The van der Waals surface area contributed by atoms with Gasteiger partial charge in [0, 0.05) is 20.9 Å². The van der Waals surface area contributed by atoms with Gasteiger partial charge < -0.3 is 10.5 Å². The van der Waals surface area contributed by atoms with E-state index in [1.807, 2.05) is 6.07 Å². The van der Waals surface area contributed by atoms with Crippen LogP contribution in [0.2, 0.25) is 5.02 Å². The van der Waals surface area contributed by atoms with Gasteiger partial charge in [0.1, 0.15) is 5.75 Å². The van der Waals surface area contributed by atoms with E-state index in [-0.39, 0.29) is 11.3 Å². The van der Waals surface area contributed by atoms with Crippen molar-refractivity contribution in [3.05, 3.63) is 47.0 Å². The highest BCUT2D eigenvalue weighted by Crippen LogP contribution is 2.39. The van der Waals surface area contributed by atoms with Crippen molar-refractivity contribution in [1.29, 1.82) is 0 Å². The van der Waals surface area contributed by atoms with Crippen LogP contribution in [0.4, 0.5) is 24.5 Å². The number of benzene rings is 2. The molecule has 0 heterocycles. The normalized spacial score (nSPS) is 14.6. The van der Waals surface area contributed by atoms with Crippen molar-refractivity contribution in [2.24, 2.45) is 0 Å². The predicted octanol–water partition coefficient (Wildman–Crippen LogP) is 5.61. The number of ether oxygens (including phenoxy) is 1. The second-order valence-electron chi connectivity index (χ2n) is 6.54. The zero-order valence-electron chi connectivity index (χ0n) is 15.2. The number of anilines is 2. The molecule has 0 spiro atoms. The van der Waals surface area contributed by atoms with Crippen LogP contribution in [0.25, 0.3) is 0 Å². The van der Waals surface area contributed by atoms with Crippen LogP contribution >= 0.6 is 23.4 Å². The lowest BCUT2D eigenvalue weighted by Crippen LogP contribution is -2.30. The van der Waals surface area contributed by atoms with Crippen molar-refractivity contribution in [3.63, 3.8) is 0 Å². The van der Waals surface area contributed by atoms with Gasteiger partial charge in [-0.3, -0.25) is 15.6 Å². The number of amides is 1. The highest BCUT2D eigenvalue weighted by atomic mass is 35.5. The third kappa shape index (κ3) is 6.11. The van der Waals surface area contributed by atoms with E-state index in [0.29, 0.717) is 16.0 Å². The van der Waals surface area contributed by atoms with Crippen LogP contribution in [0, 0.1) is 0 Å². The van der Waals surface area contributed by atoms with Crippen molar-refractivity contribution in [2.75, 3.05) is 11.2 Å². The van der Waals surface area contributed by atoms with Crippen LogP contribution in [-0.2, 0) is 0 Å². The number of carbonyl (C=O) groups is 1. The summed E-state index contributed by atoms with van der Waals surface area (Å²) < 4.78 is 41.1. The fourth-order valence-electron chi connectivity index (χ4n) is 3.01. The lowest BCUT2D eigenvalue weighted by atomic mass is 10.1. The number of nitrogens with one attached hydrogen (secondary N) is 2. The highest BCUT2D eigenvalue weighted by Gasteiger charge is 2.31. The van der Waals surface area contributed by atoms with E-state index in [9.17, 15) is 18.0 Å². The number of carbonyl (C=O) groups excluding carboxylic acids is 1. The van der Waals surface area contributed by atoms with E-state index in [1.165, 1.54) is 18.9 Å². The number of rotatable bonds is 6. The summed E-state index contributed by atoms with van der Waals surface area (Å²) in [7, 11) is 0. The SMILES string of the molecule is Nc1ccc(OC(F)(F)F)cc1C(=O)NNc1cc(Cl)ccc1SC1CCCC1. The van der Waals surface area contributed by atoms with Gasteiger partial charge in [-0.1, -0.05) is 24.4 Å². The molecule has 0 unspecified atom stereocenters.